The number of rotatable bonds is 10. The molecule has 0 saturated carbocycles. The largest absolute Gasteiger partial charge is 0.493 e. The van der Waals surface area contributed by atoms with Crippen LogP contribution in [0.4, 0.5) is 4.39 Å². The number of hydrogen-bond acceptors (Lipinski definition) is 4. The molecule has 2 aromatic carbocycles. The highest BCUT2D eigenvalue weighted by molar-refractivity contribution is 5.43. The number of methoxy groups -OCH3 is 1. The van der Waals surface area contributed by atoms with Gasteiger partial charge in [-0.2, -0.15) is 5.10 Å². The van der Waals surface area contributed by atoms with E-state index >= 15 is 0 Å². The van der Waals surface area contributed by atoms with Gasteiger partial charge in [-0.3, -0.25) is 5.10 Å². The summed E-state index contributed by atoms with van der Waals surface area (Å²) >= 11 is 0. The molecule has 0 atom stereocenters. The second-order valence-electron chi connectivity index (χ2n) is 6.70. The molecule has 0 bridgehead atoms. The maximum atomic E-state index is 13.0. The van der Waals surface area contributed by atoms with Crippen LogP contribution < -0.4 is 14.8 Å². The third kappa shape index (κ3) is 5.57. The number of nitrogens with zero attached hydrogens (tertiary/aromatic N) is 1. The molecule has 2 N–H and O–H groups in total. The molecule has 3 aromatic rings. The molecule has 28 heavy (non-hydrogen) atoms. The number of H-pyrrole nitrogens is 1. The summed E-state index contributed by atoms with van der Waals surface area (Å²) in [5.74, 6) is 1.11. The van der Waals surface area contributed by atoms with Gasteiger partial charge < -0.3 is 14.8 Å². The van der Waals surface area contributed by atoms with Crippen molar-refractivity contribution in [1.29, 1.82) is 0 Å². The topological polar surface area (TPSA) is 59.2 Å². The van der Waals surface area contributed by atoms with E-state index in [1.807, 2.05) is 31.3 Å². The lowest BCUT2D eigenvalue weighted by Crippen LogP contribution is -2.15. The van der Waals surface area contributed by atoms with Crippen LogP contribution in [0.2, 0.25) is 0 Å². The van der Waals surface area contributed by atoms with Gasteiger partial charge in [-0.1, -0.05) is 18.2 Å². The first-order chi connectivity index (χ1) is 13.7. The number of aromatic amines is 1. The molecule has 0 aliphatic carbocycles. The Labute approximate surface area is 164 Å². The molecule has 0 spiro atoms. The molecule has 5 nitrogen and oxygen atoms in total. The lowest BCUT2D eigenvalue weighted by Gasteiger charge is -2.13. The summed E-state index contributed by atoms with van der Waals surface area (Å²) < 4.78 is 24.3. The van der Waals surface area contributed by atoms with E-state index in [0.717, 1.165) is 42.8 Å². The molecule has 6 heteroatoms. The highest BCUT2D eigenvalue weighted by Gasteiger charge is 2.07. The normalized spacial score (nSPS) is 10.8. The summed E-state index contributed by atoms with van der Waals surface area (Å²) in [6.45, 7) is 4.10. The number of aryl methyl sites for hydroxylation is 2. The zero-order chi connectivity index (χ0) is 19.8. The monoisotopic (exact) mass is 383 g/mol. The molecule has 0 saturated heterocycles. The number of hydrogen-bond donors (Lipinski definition) is 2. The third-order valence-corrected chi connectivity index (χ3v) is 4.60. The maximum absolute atomic E-state index is 13.0. The third-order valence-electron chi connectivity index (χ3n) is 4.60. The van der Waals surface area contributed by atoms with Gasteiger partial charge in [-0.05, 0) is 67.3 Å². The number of benzene rings is 2. The Bertz CT molecular complexity index is 878. The molecule has 0 amide bonds. The van der Waals surface area contributed by atoms with Crippen molar-refractivity contribution in [2.75, 3.05) is 13.7 Å². The zero-order valence-electron chi connectivity index (χ0n) is 16.3. The Balaban J connectivity index is 1.46. The smallest absolute Gasteiger partial charge is 0.161 e. The van der Waals surface area contributed by atoms with E-state index in [2.05, 4.69) is 15.5 Å². The van der Waals surface area contributed by atoms with Gasteiger partial charge in [0.2, 0.25) is 0 Å². The Morgan fingerprint density at radius 2 is 1.86 bits per heavy atom. The van der Waals surface area contributed by atoms with E-state index in [-0.39, 0.29) is 5.82 Å². The zero-order valence-corrected chi connectivity index (χ0v) is 16.3. The lowest BCUT2D eigenvalue weighted by atomic mass is 10.1. The summed E-state index contributed by atoms with van der Waals surface area (Å²) in [6.07, 6.45) is 3.95. The van der Waals surface area contributed by atoms with E-state index in [9.17, 15) is 4.39 Å². The van der Waals surface area contributed by atoms with Gasteiger partial charge >= 0.3 is 0 Å². The van der Waals surface area contributed by atoms with Gasteiger partial charge in [-0.25, -0.2) is 4.39 Å². The summed E-state index contributed by atoms with van der Waals surface area (Å²) in [5.41, 5.74) is 4.44. The Hall–Kier alpha value is -2.86. The minimum atomic E-state index is -0.252. The SMILES string of the molecule is COc1cc(CNCCCc2cn[nH]c2C)ccc1OCc1ccc(F)cc1. The van der Waals surface area contributed by atoms with Gasteiger partial charge in [-0.15, -0.1) is 0 Å². The summed E-state index contributed by atoms with van der Waals surface area (Å²) in [6, 6.07) is 12.2. The number of ether oxygens (including phenoxy) is 2. The Morgan fingerprint density at radius 3 is 2.57 bits per heavy atom. The average Bonchev–Trinajstić information content (AvgIpc) is 3.12. The van der Waals surface area contributed by atoms with Gasteiger partial charge in [0.25, 0.3) is 0 Å². The van der Waals surface area contributed by atoms with Crippen LogP contribution in [0, 0.1) is 12.7 Å². The molecule has 0 radical (unpaired) electrons. The lowest BCUT2D eigenvalue weighted by molar-refractivity contribution is 0.284. The van der Waals surface area contributed by atoms with Crippen molar-refractivity contribution >= 4 is 0 Å². The van der Waals surface area contributed by atoms with Gasteiger partial charge in [0, 0.05) is 12.2 Å². The summed E-state index contributed by atoms with van der Waals surface area (Å²) in [4.78, 5) is 0. The fraction of sp³-hybridized carbons (Fsp3) is 0.318. The van der Waals surface area contributed by atoms with Crippen molar-refractivity contribution < 1.29 is 13.9 Å². The van der Waals surface area contributed by atoms with Crippen molar-refractivity contribution in [3.05, 3.63) is 76.9 Å². The number of halogens is 1. The average molecular weight is 383 g/mol. The van der Waals surface area contributed by atoms with Crippen LogP contribution in [-0.2, 0) is 19.6 Å². The van der Waals surface area contributed by atoms with E-state index in [1.54, 1.807) is 19.2 Å². The molecule has 0 unspecified atom stereocenters. The Morgan fingerprint density at radius 1 is 1.07 bits per heavy atom. The van der Waals surface area contributed by atoms with Crippen LogP contribution in [0.3, 0.4) is 0 Å². The van der Waals surface area contributed by atoms with Crippen LogP contribution in [0.5, 0.6) is 11.5 Å². The molecule has 148 valence electrons. The predicted octanol–water partition coefficient (Wildman–Crippen LogP) is 4.17. The van der Waals surface area contributed by atoms with Crippen LogP contribution in [0.1, 0.15) is 28.8 Å². The second-order valence-corrected chi connectivity index (χ2v) is 6.70. The quantitative estimate of drug-likeness (QED) is 0.516. The molecule has 0 aliphatic heterocycles. The van der Waals surface area contributed by atoms with Crippen LogP contribution in [0.25, 0.3) is 0 Å². The van der Waals surface area contributed by atoms with Crippen molar-refractivity contribution in [1.82, 2.24) is 15.5 Å². The van der Waals surface area contributed by atoms with E-state index in [0.29, 0.717) is 18.1 Å². The van der Waals surface area contributed by atoms with Crippen LogP contribution >= 0.6 is 0 Å². The van der Waals surface area contributed by atoms with Crippen LogP contribution in [0.15, 0.2) is 48.7 Å². The molecular formula is C22H26FN3O2. The number of aromatic nitrogens is 2. The molecular weight excluding hydrogens is 357 g/mol. The molecule has 0 aliphatic rings. The standard InChI is InChI=1S/C22H26FN3O2/c1-16-19(14-25-26-16)4-3-11-24-13-18-7-10-21(22(12-18)27-2)28-15-17-5-8-20(23)9-6-17/h5-10,12,14,24H,3-4,11,13,15H2,1-2H3,(H,25,26). The van der Waals surface area contributed by atoms with Crippen LogP contribution in [-0.4, -0.2) is 23.9 Å². The molecule has 1 heterocycles. The van der Waals surface area contributed by atoms with Crippen molar-refractivity contribution in [3.8, 4) is 11.5 Å². The second kappa shape index (κ2) is 9.90. The fourth-order valence-corrected chi connectivity index (χ4v) is 2.95. The predicted molar refractivity (Wildman–Crippen MR) is 107 cm³/mol. The van der Waals surface area contributed by atoms with Crippen molar-refractivity contribution in [2.45, 2.75) is 32.9 Å². The highest BCUT2D eigenvalue weighted by Crippen LogP contribution is 2.28. The van der Waals surface area contributed by atoms with Gasteiger partial charge in [0.1, 0.15) is 12.4 Å². The van der Waals surface area contributed by atoms with Gasteiger partial charge in [0.15, 0.2) is 11.5 Å². The highest BCUT2D eigenvalue weighted by atomic mass is 19.1. The van der Waals surface area contributed by atoms with Crippen molar-refractivity contribution in [3.63, 3.8) is 0 Å². The minimum absolute atomic E-state index is 0.252. The number of nitrogens with one attached hydrogen (secondary N) is 2. The molecule has 1 aromatic heterocycles. The molecule has 3 rings (SSSR count). The maximum Gasteiger partial charge on any atom is 0.161 e. The van der Waals surface area contributed by atoms with E-state index < -0.39 is 0 Å². The first-order valence-electron chi connectivity index (χ1n) is 9.39. The van der Waals surface area contributed by atoms with Crippen molar-refractivity contribution in [2.24, 2.45) is 0 Å². The van der Waals surface area contributed by atoms with E-state index in [4.69, 9.17) is 9.47 Å². The van der Waals surface area contributed by atoms with Gasteiger partial charge in [0.05, 0.1) is 13.3 Å². The summed E-state index contributed by atoms with van der Waals surface area (Å²) in [5, 5.41) is 10.5. The molecule has 0 fully saturated rings. The Kier molecular flexibility index (Phi) is 7.03. The first kappa shape index (κ1) is 19.9. The van der Waals surface area contributed by atoms with E-state index in [1.165, 1.54) is 17.7 Å². The summed E-state index contributed by atoms with van der Waals surface area (Å²) in [7, 11) is 1.63. The minimum Gasteiger partial charge on any atom is -0.493 e. The first-order valence-corrected chi connectivity index (χ1v) is 9.39. The fourth-order valence-electron chi connectivity index (χ4n) is 2.95.